The van der Waals surface area contributed by atoms with Crippen LogP contribution in [0.2, 0.25) is 0 Å². The van der Waals surface area contributed by atoms with Crippen LogP contribution in [0, 0.1) is 11.8 Å². The van der Waals surface area contributed by atoms with Crippen LogP contribution in [0.4, 0.5) is 0 Å². The molecule has 1 heterocycles. The Morgan fingerprint density at radius 2 is 2.31 bits per heavy atom. The van der Waals surface area contributed by atoms with Gasteiger partial charge in [0.1, 0.15) is 0 Å². The van der Waals surface area contributed by atoms with Gasteiger partial charge in [-0.3, -0.25) is 4.79 Å². The summed E-state index contributed by atoms with van der Waals surface area (Å²) < 4.78 is 5.38. The lowest BCUT2D eigenvalue weighted by molar-refractivity contribution is -0.151. The molecule has 0 aliphatic carbocycles. The second-order valence-corrected chi connectivity index (χ2v) is 5.10. The van der Waals surface area contributed by atoms with Gasteiger partial charge in [-0.1, -0.05) is 20.3 Å². The molecule has 3 nitrogen and oxygen atoms in total. The van der Waals surface area contributed by atoms with Crippen molar-refractivity contribution in [3.63, 3.8) is 0 Å². The normalized spacial score (nSPS) is 27.4. The number of ether oxygens (including phenoxy) is 1. The first kappa shape index (κ1) is 13.5. The molecule has 1 aliphatic rings. The van der Waals surface area contributed by atoms with Gasteiger partial charge >= 0.3 is 5.97 Å². The first-order valence-corrected chi connectivity index (χ1v) is 6.53. The zero-order valence-electron chi connectivity index (χ0n) is 10.8. The first-order chi connectivity index (χ1) is 7.63. The summed E-state index contributed by atoms with van der Waals surface area (Å²) in [5.74, 6) is 0.620. The van der Waals surface area contributed by atoms with Gasteiger partial charge < -0.3 is 10.1 Å². The predicted molar refractivity (Wildman–Crippen MR) is 65.2 cm³/mol. The molecule has 1 fully saturated rings. The summed E-state index contributed by atoms with van der Waals surface area (Å²) in [6.07, 6.45) is 4.13. The number of esters is 1. The van der Waals surface area contributed by atoms with Gasteiger partial charge in [0.2, 0.25) is 0 Å². The minimum atomic E-state index is 0.0105. The molecule has 3 atom stereocenters. The van der Waals surface area contributed by atoms with Crippen LogP contribution >= 0.6 is 0 Å². The van der Waals surface area contributed by atoms with E-state index in [4.69, 9.17) is 4.74 Å². The highest BCUT2D eigenvalue weighted by molar-refractivity contribution is 5.72. The molecule has 0 aromatic carbocycles. The third-order valence-electron chi connectivity index (χ3n) is 3.25. The van der Waals surface area contributed by atoms with E-state index < -0.39 is 0 Å². The Kier molecular flexibility index (Phi) is 5.81. The number of hydrogen-bond donors (Lipinski definition) is 1. The van der Waals surface area contributed by atoms with Crippen LogP contribution in [0.1, 0.15) is 46.5 Å². The Bertz CT molecular complexity index is 218. The molecule has 0 aromatic heterocycles. The van der Waals surface area contributed by atoms with Crippen LogP contribution in [0.3, 0.4) is 0 Å². The van der Waals surface area contributed by atoms with Crippen molar-refractivity contribution in [3.05, 3.63) is 0 Å². The van der Waals surface area contributed by atoms with Gasteiger partial charge in [0.15, 0.2) is 0 Å². The molecule has 16 heavy (non-hydrogen) atoms. The van der Waals surface area contributed by atoms with E-state index in [1.165, 1.54) is 0 Å². The Labute approximate surface area is 98.9 Å². The van der Waals surface area contributed by atoms with Crippen molar-refractivity contribution in [2.75, 3.05) is 13.2 Å². The Morgan fingerprint density at radius 3 is 2.94 bits per heavy atom. The van der Waals surface area contributed by atoms with E-state index in [1.807, 2.05) is 0 Å². The summed E-state index contributed by atoms with van der Waals surface area (Å²) in [4.78, 5) is 11.8. The first-order valence-electron chi connectivity index (χ1n) is 6.53. The molecule has 0 radical (unpaired) electrons. The molecule has 0 spiro atoms. The fraction of sp³-hybridized carbons (Fsp3) is 0.923. The highest BCUT2D eigenvalue weighted by Crippen LogP contribution is 2.18. The standard InChI is InChI=1S/C13H25NO2/c1-4-5-10(2)9-16-13(15)12-6-7-14-11(3)8-12/h10-12,14H,4-9H2,1-3H3. The molecule has 0 bridgehead atoms. The molecule has 1 aliphatic heterocycles. The maximum atomic E-state index is 11.8. The van der Waals surface area contributed by atoms with E-state index in [0.29, 0.717) is 18.6 Å². The Hall–Kier alpha value is -0.570. The molecule has 94 valence electrons. The van der Waals surface area contributed by atoms with Crippen molar-refractivity contribution < 1.29 is 9.53 Å². The van der Waals surface area contributed by atoms with Crippen molar-refractivity contribution in [2.24, 2.45) is 11.8 Å². The van der Waals surface area contributed by atoms with Gasteiger partial charge in [-0.15, -0.1) is 0 Å². The number of carbonyl (C=O) groups excluding carboxylic acids is 1. The van der Waals surface area contributed by atoms with Gasteiger partial charge in [-0.05, 0) is 38.6 Å². The van der Waals surface area contributed by atoms with E-state index >= 15 is 0 Å². The lowest BCUT2D eigenvalue weighted by atomic mass is 9.93. The summed E-state index contributed by atoms with van der Waals surface area (Å²) in [7, 11) is 0. The van der Waals surface area contributed by atoms with Crippen molar-refractivity contribution in [1.29, 1.82) is 0 Å². The Balaban J connectivity index is 2.23. The monoisotopic (exact) mass is 227 g/mol. The zero-order valence-corrected chi connectivity index (χ0v) is 10.8. The van der Waals surface area contributed by atoms with E-state index in [9.17, 15) is 4.79 Å². The lowest BCUT2D eigenvalue weighted by Crippen LogP contribution is -2.39. The summed E-state index contributed by atoms with van der Waals surface area (Å²) >= 11 is 0. The smallest absolute Gasteiger partial charge is 0.309 e. The minimum Gasteiger partial charge on any atom is -0.465 e. The minimum absolute atomic E-state index is 0.0105. The SMILES string of the molecule is CCCC(C)COC(=O)C1CCNC(C)C1. The van der Waals surface area contributed by atoms with Gasteiger partial charge in [0, 0.05) is 6.04 Å². The second-order valence-electron chi connectivity index (χ2n) is 5.10. The summed E-state index contributed by atoms with van der Waals surface area (Å²) in [6, 6.07) is 0.444. The summed E-state index contributed by atoms with van der Waals surface area (Å²) in [6.45, 7) is 7.95. The molecular formula is C13H25NO2. The van der Waals surface area contributed by atoms with E-state index in [-0.39, 0.29) is 11.9 Å². The lowest BCUT2D eigenvalue weighted by Gasteiger charge is -2.26. The van der Waals surface area contributed by atoms with Crippen LogP contribution in [-0.4, -0.2) is 25.2 Å². The van der Waals surface area contributed by atoms with Crippen LogP contribution in [-0.2, 0) is 9.53 Å². The van der Waals surface area contributed by atoms with Gasteiger partial charge in [-0.25, -0.2) is 0 Å². The van der Waals surface area contributed by atoms with E-state index in [0.717, 1.165) is 32.2 Å². The Morgan fingerprint density at radius 1 is 1.56 bits per heavy atom. The molecule has 3 heteroatoms. The predicted octanol–water partition coefficient (Wildman–Crippen LogP) is 2.35. The summed E-state index contributed by atoms with van der Waals surface area (Å²) in [5, 5.41) is 3.34. The fourth-order valence-electron chi connectivity index (χ4n) is 2.26. The third-order valence-corrected chi connectivity index (χ3v) is 3.25. The maximum Gasteiger partial charge on any atom is 0.309 e. The molecule has 0 amide bonds. The topological polar surface area (TPSA) is 38.3 Å². The van der Waals surface area contributed by atoms with Crippen molar-refractivity contribution in [3.8, 4) is 0 Å². The number of nitrogens with one attached hydrogen (secondary N) is 1. The number of piperidine rings is 1. The van der Waals surface area contributed by atoms with Gasteiger partial charge in [0.25, 0.3) is 0 Å². The van der Waals surface area contributed by atoms with Crippen LogP contribution in [0.5, 0.6) is 0 Å². The van der Waals surface area contributed by atoms with Crippen molar-refractivity contribution >= 4 is 5.97 Å². The van der Waals surface area contributed by atoms with Gasteiger partial charge in [-0.2, -0.15) is 0 Å². The second kappa shape index (κ2) is 6.89. The van der Waals surface area contributed by atoms with E-state index in [2.05, 4.69) is 26.1 Å². The molecule has 1 saturated heterocycles. The van der Waals surface area contributed by atoms with Crippen molar-refractivity contribution in [2.45, 2.75) is 52.5 Å². The third kappa shape index (κ3) is 4.52. The quantitative estimate of drug-likeness (QED) is 0.733. The van der Waals surface area contributed by atoms with Crippen LogP contribution in [0.25, 0.3) is 0 Å². The number of rotatable bonds is 5. The average Bonchev–Trinajstić information content (AvgIpc) is 2.26. The van der Waals surface area contributed by atoms with Crippen LogP contribution < -0.4 is 5.32 Å². The molecule has 0 saturated carbocycles. The molecule has 3 unspecified atom stereocenters. The van der Waals surface area contributed by atoms with Crippen LogP contribution in [0.15, 0.2) is 0 Å². The maximum absolute atomic E-state index is 11.8. The number of hydrogen-bond acceptors (Lipinski definition) is 3. The average molecular weight is 227 g/mol. The van der Waals surface area contributed by atoms with Crippen molar-refractivity contribution in [1.82, 2.24) is 5.32 Å². The van der Waals surface area contributed by atoms with Gasteiger partial charge in [0.05, 0.1) is 12.5 Å². The fourth-order valence-corrected chi connectivity index (χ4v) is 2.26. The highest BCUT2D eigenvalue weighted by atomic mass is 16.5. The molecule has 0 aromatic rings. The number of carbonyl (C=O) groups is 1. The molecular weight excluding hydrogens is 202 g/mol. The van der Waals surface area contributed by atoms with E-state index in [1.54, 1.807) is 0 Å². The largest absolute Gasteiger partial charge is 0.465 e. The zero-order chi connectivity index (χ0) is 12.0. The molecule has 1 N–H and O–H groups in total. The summed E-state index contributed by atoms with van der Waals surface area (Å²) in [5.41, 5.74) is 0. The molecule has 1 rings (SSSR count). The highest BCUT2D eigenvalue weighted by Gasteiger charge is 2.26.